The summed E-state index contributed by atoms with van der Waals surface area (Å²) in [5.41, 5.74) is -0.416. The van der Waals surface area contributed by atoms with Gasteiger partial charge in [-0.25, -0.2) is 0 Å². The van der Waals surface area contributed by atoms with Gasteiger partial charge in [-0.1, -0.05) is 17.3 Å². The van der Waals surface area contributed by atoms with E-state index in [1.807, 2.05) is 14.0 Å². The molecule has 1 N–H and O–H groups in total. The molecule has 1 aliphatic heterocycles. The van der Waals surface area contributed by atoms with Crippen LogP contribution in [0.2, 0.25) is 0 Å². The first kappa shape index (κ1) is 19.8. The van der Waals surface area contributed by atoms with E-state index in [2.05, 4.69) is 20.4 Å². The van der Waals surface area contributed by atoms with Crippen LogP contribution in [-0.2, 0) is 6.18 Å². The lowest BCUT2D eigenvalue weighted by molar-refractivity contribution is -0.137. The minimum absolute atomic E-state index is 0.0534. The van der Waals surface area contributed by atoms with Crippen LogP contribution in [0.3, 0.4) is 0 Å². The van der Waals surface area contributed by atoms with Gasteiger partial charge in [-0.2, -0.15) is 18.2 Å². The molecule has 1 unspecified atom stereocenters. The summed E-state index contributed by atoms with van der Waals surface area (Å²) in [6, 6.07) is 4.94. The molecule has 1 fully saturated rings. The Labute approximate surface area is 156 Å². The Morgan fingerprint density at radius 2 is 2.04 bits per heavy atom. The van der Waals surface area contributed by atoms with E-state index >= 15 is 0 Å². The van der Waals surface area contributed by atoms with Gasteiger partial charge in [0.15, 0.2) is 0 Å². The highest BCUT2D eigenvalue weighted by Gasteiger charge is 2.31. The Balaban J connectivity index is 1.66. The average molecular weight is 382 g/mol. The SMILES string of the molecule is CNCCC1CCN(C(C)c2nc(-c3cccc(C(F)(F)F)c3)no2)CC1. The molecule has 1 saturated heterocycles. The smallest absolute Gasteiger partial charge is 0.337 e. The molecule has 0 bridgehead atoms. The van der Waals surface area contributed by atoms with E-state index in [1.54, 1.807) is 6.07 Å². The molecule has 2 aromatic rings. The van der Waals surface area contributed by atoms with Crippen molar-refractivity contribution in [3.63, 3.8) is 0 Å². The van der Waals surface area contributed by atoms with Crippen LogP contribution in [0, 0.1) is 5.92 Å². The molecular formula is C19H25F3N4O. The first-order chi connectivity index (χ1) is 12.9. The van der Waals surface area contributed by atoms with Gasteiger partial charge < -0.3 is 9.84 Å². The van der Waals surface area contributed by atoms with Crippen molar-refractivity contribution in [3.8, 4) is 11.4 Å². The van der Waals surface area contributed by atoms with Crippen molar-refractivity contribution >= 4 is 0 Å². The minimum atomic E-state index is -4.40. The van der Waals surface area contributed by atoms with Gasteiger partial charge in [-0.05, 0) is 70.9 Å². The van der Waals surface area contributed by atoms with Gasteiger partial charge >= 0.3 is 6.18 Å². The van der Waals surface area contributed by atoms with Crippen LogP contribution in [-0.4, -0.2) is 41.7 Å². The molecule has 1 aliphatic rings. The van der Waals surface area contributed by atoms with Crippen molar-refractivity contribution in [2.75, 3.05) is 26.7 Å². The zero-order chi connectivity index (χ0) is 19.4. The Kier molecular flexibility index (Phi) is 6.16. The lowest BCUT2D eigenvalue weighted by Gasteiger charge is -2.34. The third-order valence-electron chi connectivity index (χ3n) is 5.25. The first-order valence-corrected chi connectivity index (χ1v) is 9.28. The molecule has 0 aliphatic carbocycles. The highest BCUT2D eigenvalue weighted by atomic mass is 19.4. The van der Waals surface area contributed by atoms with E-state index in [9.17, 15) is 13.2 Å². The predicted molar refractivity (Wildman–Crippen MR) is 96.0 cm³/mol. The first-order valence-electron chi connectivity index (χ1n) is 9.28. The fraction of sp³-hybridized carbons (Fsp3) is 0.579. The number of halogens is 3. The maximum atomic E-state index is 12.9. The molecule has 1 aromatic heterocycles. The van der Waals surface area contributed by atoms with Crippen molar-refractivity contribution in [1.29, 1.82) is 0 Å². The quantitative estimate of drug-likeness (QED) is 0.814. The lowest BCUT2D eigenvalue weighted by atomic mass is 9.93. The van der Waals surface area contributed by atoms with E-state index in [-0.39, 0.29) is 11.9 Å². The summed E-state index contributed by atoms with van der Waals surface area (Å²) in [7, 11) is 1.97. The minimum Gasteiger partial charge on any atom is -0.337 e. The summed E-state index contributed by atoms with van der Waals surface area (Å²) in [5, 5.41) is 7.08. The van der Waals surface area contributed by atoms with Crippen LogP contribution < -0.4 is 5.32 Å². The normalized spacial score (nSPS) is 18.0. The number of hydrogen-bond acceptors (Lipinski definition) is 5. The van der Waals surface area contributed by atoms with Crippen LogP contribution >= 0.6 is 0 Å². The van der Waals surface area contributed by atoms with Gasteiger partial charge in [0.25, 0.3) is 0 Å². The van der Waals surface area contributed by atoms with Crippen molar-refractivity contribution in [2.45, 2.75) is 38.4 Å². The monoisotopic (exact) mass is 382 g/mol. The second kappa shape index (κ2) is 8.39. The van der Waals surface area contributed by atoms with Gasteiger partial charge in [0, 0.05) is 5.56 Å². The predicted octanol–water partition coefficient (Wildman–Crippen LogP) is 4.14. The van der Waals surface area contributed by atoms with Crippen molar-refractivity contribution in [2.24, 2.45) is 5.92 Å². The van der Waals surface area contributed by atoms with Gasteiger partial charge in [-0.3, -0.25) is 4.90 Å². The van der Waals surface area contributed by atoms with Gasteiger partial charge in [0.1, 0.15) is 0 Å². The summed E-state index contributed by atoms with van der Waals surface area (Å²) in [5.74, 6) is 1.35. The summed E-state index contributed by atoms with van der Waals surface area (Å²) >= 11 is 0. The second-order valence-electron chi connectivity index (χ2n) is 7.08. The Morgan fingerprint density at radius 1 is 1.30 bits per heavy atom. The molecule has 1 atom stereocenters. The number of aromatic nitrogens is 2. The number of alkyl halides is 3. The molecule has 0 amide bonds. The molecule has 8 heteroatoms. The Morgan fingerprint density at radius 3 is 2.70 bits per heavy atom. The molecule has 148 valence electrons. The van der Waals surface area contributed by atoms with E-state index < -0.39 is 11.7 Å². The summed E-state index contributed by atoms with van der Waals surface area (Å²) in [4.78, 5) is 6.64. The second-order valence-corrected chi connectivity index (χ2v) is 7.08. The number of likely N-dealkylation sites (tertiary alicyclic amines) is 1. The fourth-order valence-corrected chi connectivity index (χ4v) is 3.49. The number of piperidine rings is 1. The number of nitrogens with one attached hydrogen (secondary N) is 1. The summed E-state index contributed by atoms with van der Waals surface area (Å²) in [6.45, 7) is 4.94. The summed E-state index contributed by atoms with van der Waals surface area (Å²) in [6.07, 6.45) is -0.965. The van der Waals surface area contributed by atoms with Gasteiger partial charge in [0.05, 0.1) is 11.6 Å². The standard InChI is InChI=1S/C19H25F3N4O/c1-13(26-10-7-14(8-11-26)6-9-23-2)18-24-17(25-27-18)15-4-3-5-16(12-15)19(20,21)22/h3-5,12-14,23H,6-11H2,1-2H3. The van der Waals surface area contributed by atoms with Crippen molar-refractivity contribution < 1.29 is 17.7 Å². The fourth-order valence-electron chi connectivity index (χ4n) is 3.49. The average Bonchev–Trinajstić information content (AvgIpc) is 3.16. The van der Waals surface area contributed by atoms with E-state index in [1.165, 1.54) is 12.5 Å². The molecule has 5 nitrogen and oxygen atoms in total. The Bertz CT molecular complexity index is 739. The van der Waals surface area contributed by atoms with Crippen LogP contribution in [0.4, 0.5) is 13.2 Å². The van der Waals surface area contributed by atoms with Crippen LogP contribution in [0.1, 0.15) is 43.7 Å². The summed E-state index contributed by atoms with van der Waals surface area (Å²) < 4.78 is 44.0. The number of benzene rings is 1. The van der Waals surface area contributed by atoms with Gasteiger partial charge in [-0.15, -0.1) is 0 Å². The number of rotatable bonds is 6. The molecule has 0 saturated carbocycles. The van der Waals surface area contributed by atoms with E-state index in [0.29, 0.717) is 11.5 Å². The lowest BCUT2D eigenvalue weighted by Crippen LogP contribution is -2.36. The highest BCUT2D eigenvalue weighted by Crippen LogP contribution is 2.32. The molecule has 3 rings (SSSR count). The molecule has 2 heterocycles. The molecule has 0 radical (unpaired) electrons. The zero-order valence-corrected chi connectivity index (χ0v) is 15.6. The molecule has 0 spiro atoms. The maximum absolute atomic E-state index is 12.9. The molecular weight excluding hydrogens is 357 g/mol. The van der Waals surface area contributed by atoms with Crippen LogP contribution in [0.25, 0.3) is 11.4 Å². The largest absolute Gasteiger partial charge is 0.416 e. The van der Waals surface area contributed by atoms with Gasteiger partial charge in [0.2, 0.25) is 11.7 Å². The topological polar surface area (TPSA) is 54.2 Å². The molecule has 27 heavy (non-hydrogen) atoms. The van der Waals surface area contributed by atoms with Crippen LogP contribution in [0.15, 0.2) is 28.8 Å². The Hall–Kier alpha value is -1.93. The van der Waals surface area contributed by atoms with Crippen molar-refractivity contribution in [1.82, 2.24) is 20.4 Å². The highest BCUT2D eigenvalue weighted by molar-refractivity contribution is 5.55. The molecule has 1 aromatic carbocycles. The third kappa shape index (κ3) is 4.87. The van der Waals surface area contributed by atoms with E-state index in [0.717, 1.165) is 50.5 Å². The number of hydrogen-bond donors (Lipinski definition) is 1. The van der Waals surface area contributed by atoms with Crippen LogP contribution in [0.5, 0.6) is 0 Å². The maximum Gasteiger partial charge on any atom is 0.416 e. The van der Waals surface area contributed by atoms with E-state index in [4.69, 9.17) is 4.52 Å². The zero-order valence-electron chi connectivity index (χ0n) is 15.6. The number of nitrogens with zero attached hydrogens (tertiary/aromatic N) is 3. The van der Waals surface area contributed by atoms with Crippen molar-refractivity contribution in [3.05, 3.63) is 35.7 Å². The third-order valence-corrected chi connectivity index (χ3v) is 5.25.